The molecule has 1 amide bonds. The predicted molar refractivity (Wildman–Crippen MR) is 98.5 cm³/mol. The summed E-state index contributed by atoms with van der Waals surface area (Å²) in [7, 11) is 1.47. The van der Waals surface area contributed by atoms with Crippen LogP contribution in [0.3, 0.4) is 0 Å². The summed E-state index contributed by atoms with van der Waals surface area (Å²) in [4.78, 5) is 39.9. The van der Waals surface area contributed by atoms with Crippen molar-refractivity contribution in [1.29, 1.82) is 0 Å². The molecular formula is C17H28N4O5. The molecule has 1 aromatic rings. The van der Waals surface area contributed by atoms with E-state index in [1.807, 2.05) is 6.92 Å². The lowest BCUT2D eigenvalue weighted by Gasteiger charge is -2.20. The van der Waals surface area contributed by atoms with Gasteiger partial charge in [-0.25, -0.2) is 4.79 Å². The zero-order valence-electron chi connectivity index (χ0n) is 15.5. The number of hydrogen-bond donors (Lipinski definition) is 2. The average Bonchev–Trinajstić information content (AvgIpc) is 3.11. The molecule has 1 fully saturated rings. The number of aromatic amines is 1. The maximum absolute atomic E-state index is 12.4. The van der Waals surface area contributed by atoms with Crippen molar-refractivity contribution in [3.8, 4) is 0 Å². The normalized spacial score (nSPS) is 16.8. The third-order valence-electron chi connectivity index (χ3n) is 4.45. The number of rotatable bonds is 9. The van der Waals surface area contributed by atoms with E-state index >= 15 is 0 Å². The Morgan fingerprint density at radius 2 is 2.23 bits per heavy atom. The fourth-order valence-corrected chi connectivity index (χ4v) is 2.88. The van der Waals surface area contributed by atoms with Gasteiger partial charge in [0.1, 0.15) is 5.82 Å². The Bertz CT molecular complexity index is 721. The fourth-order valence-electron chi connectivity index (χ4n) is 2.88. The van der Waals surface area contributed by atoms with E-state index in [0.29, 0.717) is 13.2 Å². The van der Waals surface area contributed by atoms with E-state index in [1.54, 1.807) is 0 Å². The van der Waals surface area contributed by atoms with Crippen LogP contribution in [0.5, 0.6) is 0 Å². The van der Waals surface area contributed by atoms with Gasteiger partial charge in [-0.05, 0) is 19.3 Å². The molecule has 0 bridgehead atoms. The van der Waals surface area contributed by atoms with Crippen LogP contribution in [-0.2, 0) is 20.8 Å². The summed E-state index contributed by atoms with van der Waals surface area (Å²) in [6.07, 6.45) is 3.82. The van der Waals surface area contributed by atoms with Crippen molar-refractivity contribution in [3.05, 3.63) is 20.8 Å². The third-order valence-corrected chi connectivity index (χ3v) is 4.45. The summed E-state index contributed by atoms with van der Waals surface area (Å²) in [5, 5.41) is 0. The molecule has 0 aliphatic carbocycles. The van der Waals surface area contributed by atoms with Gasteiger partial charge in [-0.2, -0.15) is 0 Å². The summed E-state index contributed by atoms with van der Waals surface area (Å²) in [5.74, 6) is -0.307. The molecule has 0 saturated carbocycles. The van der Waals surface area contributed by atoms with Crippen molar-refractivity contribution in [2.75, 3.05) is 37.5 Å². The zero-order chi connectivity index (χ0) is 19.1. The second-order valence-corrected chi connectivity index (χ2v) is 6.41. The van der Waals surface area contributed by atoms with E-state index in [9.17, 15) is 14.4 Å². The minimum Gasteiger partial charge on any atom is -0.383 e. The fraction of sp³-hybridized carbons (Fsp3) is 0.706. The van der Waals surface area contributed by atoms with Crippen molar-refractivity contribution in [2.45, 2.75) is 51.7 Å². The zero-order valence-corrected chi connectivity index (χ0v) is 15.5. The van der Waals surface area contributed by atoms with Crippen LogP contribution in [0.25, 0.3) is 0 Å². The Labute approximate surface area is 152 Å². The predicted octanol–water partition coefficient (Wildman–Crippen LogP) is 0.467. The van der Waals surface area contributed by atoms with Gasteiger partial charge in [-0.15, -0.1) is 0 Å². The van der Waals surface area contributed by atoms with Crippen LogP contribution >= 0.6 is 0 Å². The number of nitrogens with zero attached hydrogens (tertiary/aromatic N) is 2. The number of ether oxygens (including phenoxy) is 2. The maximum atomic E-state index is 12.4. The molecule has 1 aliphatic rings. The quantitative estimate of drug-likeness (QED) is 0.611. The molecule has 1 atom stereocenters. The average molecular weight is 368 g/mol. The first-order chi connectivity index (χ1) is 12.5. The number of amides is 1. The van der Waals surface area contributed by atoms with Gasteiger partial charge >= 0.3 is 5.69 Å². The highest BCUT2D eigenvalue weighted by Crippen LogP contribution is 2.16. The minimum absolute atomic E-state index is 0.00308. The Hall–Kier alpha value is -2.13. The Morgan fingerprint density at radius 3 is 2.88 bits per heavy atom. The van der Waals surface area contributed by atoms with Crippen LogP contribution in [0.2, 0.25) is 0 Å². The highest BCUT2D eigenvalue weighted by Gasteiger charge is 2.21. The highest BCUT2D eigenvalue weighted by atomic mass is 16.5. The molecule has 1 saturated heterocycles. The summed E-state index contributed by atoms with van der Waals surface area (Å²) in [6.45, 7) is 3.82. The second kappa shape index (κ2) is 9.54. The monoisotopic (exact) mass is 368 g/mol. The van der Waals surface area contributed by atoms with Gasteiger partial charge in [0.2, 0.25) is 5.91 Å². The number of unbranched alkanes of at least 4 members (excludes halogenated alkanes) is 1. The molecule has 146 valence electrons. The molecule has 0 radical (unpaired) electrons. The summed E-state index contributed by atoms with van der Waals surface area (Å²) >= 11 is 0. The molecule has 9 heteroatoms. The molecular weight excluding hydrogens is 340 g/mol. The number of aromatic nitrogens is 2. The van der Waals surface area contributed by atoms with Crippen LogP contribution in [0.4, 0.5) is 11.5 Å². The summed E-state index contributed by atoms with van der Waals surface area (Å²) in [6, 6.07) is 0. The number of nitrogens with two attached hydrogens (primary N) is 1. The largest absolute Gasteiger partial charge is 0.383 e. The lowest BCUT2D eigenvalue weighted by Crippen LogP contribution is -2.39. The third kappa shape index (κ3) is 4.95. The lowest BCUT2D eigenvalue weighted by molar-refractivity contribution is -0.119. The van der Waals surface area contributed by atoms with E-state index in [0.717, 1.165) is 32.3 Å². The number of nitrogens with one attached hydrogen (secondary N) is 1. The Balaban J connectivity index is 2.00. The van der Waals surface area contributed by atoms with Gasteiger partial charge in [0.25, 0.3) is 5.56 Å². The molecule has 2 rings (SSSR count). The smallest absolute Gasteiger partial charge is 0.330 e. The first-order valence-electron chi connectivity index (χ1n) is 9.04. The number of nitrogen functional groups attached to an aromatic ring is 1. The minimum atomic E-state index is -0.670. The molecule has 2 heterocycles. The van der Waals surface area contributed by atoms with Gasteiger partial charge in [-0.3, -0.25) is 19.1 Å². The van der Waals surface area contributed by atoms with Crippen molar-refractivity contribution in [2.24, 2.45) is 0 Å². The molecule has 9 nitrogen and oxygen atoms in total. The van der Waals surface area contributed by atoms with Crippen molar-refractivity contribution >= 4 is 17.4 Å². The molecule has 1 unspecified atom stereocenters. The Morgan fingerprint density at radius 1 is 1.46 bits per heavy atom. The number of hydrogen-bond acceptors (Lipinski definition) is 6. The number of anilines is 2. The SMILES string of the molecule is CCCCn1c(N)c(N(C)C(=O)CCOCC2CCCO2)c(=O)[nH]c1=O. The first-order valence-corrected chi connectivity index (χ1v) is 9.04. The molecule has 1 aromatic heterocycles. The molecule has 3 N–H and O–H groups in total. The topological polar surface area (TPSA) is 120 Å². The van der Waals surface area contributed by atoms with Crippen LogP contribution in [-0.4, -0.2) is 48.4 Å². The van der Waals surface area contributed by atoms with E-state index < -0.39 is 11.2 Å². The van der Waals surface area contributed by atoms with Crippen LogP contribution in [0.1, 0.15) is 39.0 Å². The van der Waals surface area contributed by atoms with Crippen LogP contribution in [0.15, 0.2) is 9.59 Å². The summed E-state index contributed by atoms with van der Waals surface area (Å²) < 4.78 is 12.2. The van der Waals surface area contributed by atoms with Crippen molar-refractivity contribution in [1.82, 2.24) is 9.55 Å². The molecule has 0 spiro atoms. The van der Waals surface area contributed by atoms with Gasteiger partial charge in [0.05, 0.1) is 25.7 Å². The molecule has 26 heavy (non-hydrogen) atoms. The maximum Gasteiger partial charge on any atom is 0.330 e. The van der Waals surface area contributed by atoms with E-state index in [2.05, 4.69) is 4.98 Å². The van der Waals surface area contributed by atoms with E-state index in [-0.39, 0.29) is 36.5 Å². The van der Waals surface area contributed by atoms with Crippen LogP contribution < -0.4 is 21.9 Å². The van der Waals surface area contributed by atoms with Crippen molar-refractivity contribution < 1.29 is 14.3 Å². The van der Waals surface area contributed by atoms with Crippen molar-refractivity contribution in [3.63, 3.8) is 0 Å². The highest BCUT2D eigenvalue weighted by molar-refractivity contribution is 5.95. The van der Waals surface area contributed by atoms with Gasteiger partial charge < -0.3 is 20.1 Å². The standard InChI is InChI=1S/C17H28N4O5/c1-3-4-8-21-15(18)14(16(23)19-17(21)24)20(2)13(22)7-10-25-11-12-6-5-9-26-12/h12H,3-11,18H2,1-2H3,(H,19,23,24). The van der Waals surface area contributed by atoms with E-state index in [4.69, 9.17) is 15.2 Å². The number of carbonyl (C=O) groups is 1. The van der Waals surface area contributed by atoms with E-state index in [1.165, 1.54) is 16.5 Å². The summed E-state index contributed by atoms with van der Waals surface area (Å²) in [5.41, 5.74) is 4.76. The first kappa shape index (κ1) is 20.2. The van der Waals surface area contributed by atoms with Gasteiger partial charge in [-0.1, -0.05) is 13.3 Å². The van der Waals surface area contributed by atoms with Gasteiger partial charge in [0.15, 0.2) is 5.69 Å². The Kier molecular flexibility index (Phi) is 7.40. The number of H-pyrrole nitrogens is 1. The van der Waals surface area contributed by atoms with Crippen LogP contribution in [0, 0.1) is 0 Å². The lowest BCUT2D eigenvalue weighted by atomic mass is 10.2. The second-order valence-electron chi connectivity index (χ2n) is 6.41. The molecule has 1 aliphatic heterocycles. The molecule has 0 aromatic carbocycles. The van der Waals surface area contributed by atoms with Gasteiger partial charge in [0, 0.05) is 20.2 Å². The number of carbonyl (C=O) groups excluding carboxylic acids is 1.